The molecule has 0 aliphatic carbocycles. The van der Waals surface area contributed by atoms with Crippen LogP contribution in [0.15, 0.2) is 66.0 Å². The zero-order chi connectivity index (χ0) is 21.9. The summed E-state index contributed by atoms with van der Waals surface area (Å²) >= 11 is 1.70. The average Bonchev–Trinajstić information content (AvgIpc) is 3.43. The van der Waals surface area contributed by atoms with Gasteiger partial charge in [0.1, 0.15) is 24.2 Å². The summed E-state index contributed by atoms with van der Waals surface area (Å²) < 4.78 is 9.04. The van der Waals surface area contributed by atoms with E-state index in [1.165, 1.54) is 10.4 Å². The van der Waals surface area contributed by atoms with E-state index in [9.17, 15) is 5.11 Å². The zero-order valence-corrected chi connectivity index (χ0v) is 19.0. The third-order valence-electron chi connectivity index (χ3n) is 5.97. The number of rotatable bonds is 7. The Kier molecular flexibility index (Phi) is 6.12. The van der Waals surface area contributed by atoms with Crippen LogP contribution in [0.25, 0.3) is 21.5 Å². The lowest BCUT2D eigenvalue weighted by atomic mass is 10.1. The molecule has 6 nitrogen and oxygen atoms in total. The van der Waals surface area contributed by atoms with Crippen LogP contribution in [0.5, 0.6) is 5.75 Å². The van der Waals surface area contributed by atoms with Crippen LogP contribution in [-0.4, -0.2) is 65.2 Å². The minimum Gasteiger partial charge on any atom is -0.491 e. The van der Waals surface area contributed by atoms with Crippen molar-refractivity contribution >= 4 is 27.2 Å². The summed E-state index contributed by atoms with van der Waals surface area (Å²) in [4.78, 5) is 4.71. The first-order chi connectivity index (χ1) is 15.7. The molecule has 0 radical (unpaired) electrons. The second-order valence-electron chi connectivity index (χ2n) is 8.22. The highest BCUT2D eigenvalue weighted by molar-refractivity contribution is 7.17. The number of aryl methyl sites for hydroxylation is 1. The SMILES string of the molecule is Cn1nc(-c2cccc(OC[C@H](O)CN3CCN(c4ccccc4)CC3)c2)c2sccc21. The van der Waals surface area contributed by atoms with E-state index in [4.69, 9.17) is 4.74 Å². The van der Waals surface area contributed by atoms with Crippen molar-refractivity contribution in [2.75, 3.05) is 44.2 Å². The van der Waals surface area contributed by atoms with Gasteiger partial charge in [-0.25, -0.2) is 0 Å². The minimum atomic E-state index is -0.527. The maximum absolute atomic E-state index is 10.6. The number of β-amino-alcohol motifs (C(OH)–C–C–N with tert-alkyl or cyclic N) is 1. The molecule has 1 aliphatic heterocycles. The highest BCUT2D eigenvalue weighted by Gasteiger charge is 2.20. The maximum Gasteiger partial charge on any atom is 0.120 e. The molecular weight excluding hydrogens is 420 g/mol. The lowest BCUT2D eigenvalue weighted by Crippen LogP contribution is -2.49. The van der Waals surface area contributed by atoms with Gasteiger partial charge in [-0.05, 0) is 35.7 Å². The number of benzene rings is 2. The number of aliphatic hydroxyl groups excluding tert-OH is 1. The summed E-state index contributed by atoms with van der Waals surface area (Å²) in [5, 5.41) is 17.3. The molecule has 0 unspecified atom stereocenters. The molecule has 1 N–H and O–H groups in total. The topological polar surface area (TPSA) is 53.8 Å². The predicted octanol–water partition coefficient (Wildman–Crippen LogP) is 3.86. The number of hydrogen-bond donors (Lipinski definition) is 1. The molecule has 0 amide bonds. The molecule has 7 heteroatoms. The Morgan fingerprint density at radius 1 is 1.03 bits per heavy atom. The van der Waals surface area contributed by atoms with Crippen LogP contribution < -0.4 is 9.64 Å². The van der Waals surface area contributed by atoms with E-state index in [0.29, 0.717) is 6.54 Å². The summed E-state index contributed by atoms with van der Waals surface area (Å²) in [6, 6.07) is 20.6. The van der Waals surface area contributed by atoms with Gasteiger partial charge in [0.05, 0.1) is 10.2 Å². The summed E-state index contributed by atoms with van der Waals surface area (Å²) in [5.74, 6) is 0.755. The van der Waals surface area contributed by atoms with Gasteiger partial charge in [0.15, 0.2) is 0 Å². The monoisotopic (exact) mass is 448 g/mol. The van der Waals surface area contributed by atoms with Crippen LogP contribution in [0.1, 0.15) is 0 Å². The van der Waals surface area contributed by atoms with Crippen molar-refractivity contribution in [3.8, 4) is 17.0 Å². The Hall–Kier alpha value is -2.87. The summed E-state index contributed by atoms with van der Waals surface area (Å²) in [6.07, 6.45) is -0.527. The van der Waals surface area contributed by atoms with Gasteiger partial charge < -0.3 is 14.7 Å². The number of para-hydroxylation sites is 1. The van der Waals surface area contributed by atoms with E-state index in [-0.39, 0.29) is 6.61 Å². The third-order valence-corrected chi connectivity index (χ3v) is 6.88. The number of thiophene rings is 1. The standard InChI is InChI=1S/C25H28N4O2S/c1-27-23-10-15-32-25(23)24(26-27)19-6-5-9-22(16-19)31-18-21(30)17-28-11-13-29(14-12-28)20-7-3-2-4-8-20/h2-10,15-16,21,30H,11-14,17-18H2,1H3/t21-/m1/s1. The number of aromatic nitrogens is 2. The van der Waals surface area contributed by atoms with Gasteiger partial charge >= 0.3 is 0 Å². The van der Waals surface area contributed by atoms with Gasteiger partial charge in [0, 0.05) is 51.0 Å². The Balaban J connectivity index is 1.14. The fourth-order valence-corrected chi connectivity index (χ4v) is 5.20. The Morgan fingerprint density at radius 3 is 2.66 bits per heavy atom. The van der Waals surface area contributed by atoms with Crippen LogP contribution >= 0.6 is 11.3 Å². The first kappa shape index (κ1) is 21.0. The quantitative estimate of drug-likeness (QED) is 0.465. The second kappa shape index (κ2) is 9.32. The van der Waals surface area contributed by atoms with E-state index < -0.39 is 6.10 Å². The summed E-state index contributed by atoms with van der Waals surface area (Å²) in [7, 11) is 1.97. The lowest BCUT2D eigenvalue weighted by Gasteiger charge is -2.36. The van der Waals surface area contributed by atoms with E-state index >= 15 is 0 Å². The van der Waals surface area contributed by atoms with E-state index in [1.54, 1.807) is 11.3 Å². The number of piperazine rings is 1. The van der Waals surface area contributed by atoms with E-state index in [1.807, 2.05) is 36.0 Å². The summed E-state index contributed by atoms with van der Waals surface area (Å²) in [5.41, 5.74) is 4.41. The lowest BCUT2D eigenvalue weighted by molar-refractivity contribution is 0.0663. The van der Waals surface area contributed by atoms with E-state index in [2.05, 4.69) is 56.7 Å². The summed E-state index contributed by atoms with van der Waals surface area (Å²) in [6.45, 7) is 4.73. The predicted molar refractivity (Wildman–Crippen MR) is 131 cm³/mol. The third kappa shape index (κ3) is 4.50. The highest BCUT2D eigenvalue weighted by Crippen LogP contribution is 2.33. The van der Waals surface area contributed by atoms with Crippen molar-refractivity contribution in [2.45, 2.75) is 6.10 Å². The molecule has 0 bridgehead atoms. The fourth-order valence-electron chi connectivity index (χ4n) is 4.28. The van der Waals surface area contributed by atoms with Crippen LogP contribution in [0.2, 0.25) is 0 Å². The number of fused-ring (bicyclic) bond motifs is 1. The van der Waals surface area contributed by atoms with Gasteiger partial charge in [-0.1, -0.05) is 30.3 Å². The fraction of sp³-hybridized carbons (Fsp3) is 0.320. The van der Waals surface area contributed by atoms with Gasteiger partial charge in [0.25, 0.3) is 0 Å². The van der Waals surface area contributed by atoms with Gasteiger partial charge in [0.2, 0.25) is 0 Å². The molecule has 5 rings (SSSR count). The molecule has 0 spiro atoms. The van der Waals surface area contributed by atoms with Crippen LogP contribution in [-0.2, 0) is 7.05 Å². The molecule has 1 fully saturated rings. The molecule has 0 saturated carbocycles. The van der Waals surface area contributed by atoms with Crippen molar-refractivity contribution in [3.63, 3.8) is 0 Å². The van der Waals surface area contributed by atoms with Crippen molar-refractivity contribution in [1.29, 1.82) is 0 Å². The molecule has 1 aliphatic rings. The van der Waals surface area contributed by atoms with Crippen LogP contribution in [0.3, 0.4) is 0 Å². The maximum atomic E-state index is 10.6. The van der Waals surface area contributed by atoms with E-state index in [0.717, 1.165) is 48.7 Å². The van der Waals surface area contributed by atoms with Crippen molar-refractivity contribution in [1.82, 2.24) is 14.7 Å². The number of nitrogens with zero attached hydrogens (tertiary/aromatic N) is 4. The smallest absolute Gasteiger partial charge is 0.120 e. The van der Waals surface area contributed by atoms with Gasteiger partial charge in [-0.2, -0.15) is 5.10 Å². The average molecular weight is 449 g/mol. The Labute approximate surface area is 192 Å². The molecule has 2 aromatic carbocycles. The zero-order valence-electron chi connectivity index (χ0n) is 18.2. The molecule has 3 heterocycles. The number of aliphatic hydroxyl groups is 1. The molecule has 1 saturated heterocycles. The van der Waals surface area contributed by atoms with Gasteiger partial charge in [-0.15, -0.1) is 11.3 Å². The number of ether oxygens (including phenoxy) is 1. The van der Waals surface area contributed by atoms with Crippen molar-refractivity contribution in [2.24, 2.45) is 7.05 Å². The normalized spacial score (nSPS) is 15.9. The van der Waals surface area contributed by atoms with Crippen molar-refractivity contribution in [3.05, 3.63) is 66.0 Å². The number of anilines is 1. The number of hydrogen-bond acceptors (Lipinski definition) is 6. The molecule has 2 aromatic heterocycles. The minimum absolute atomic E-state index is 0.277. The molecule has 32 heavy (non-hydrogen) atoms. The Morgan fingerprint density at radius 2 is 1.84 bits per heavy atom. The molecule has 166 valence electrons. The first-order valence-electron chi connectivity index (χ1n) is 11.0. The van der Waals surface area contributed by atoms with Crippen LogP contribution in [0, 0.1) is 0 Å². The second-order valence-corrected chi connectivity index (χ2v) is 9.14. The largest absolute Gasteiger partial charge is 0.491 e. The molecular formula is C25H28N4O2S. The van der Waals surface area contributed by atoms with Crippen molar-refractivity contribution < 1.29 is 9.84 Å². The molecule has 4 aromatic rings. The Bertz CT molecular complexity index is 1170. The highest BCUT2D eigenvalue weighted by atomic mass is 32.1. The van der Waals surface area contributed by atoms with Gasteiger partial charge in [-0.3, -0.25) is 9.58 Å². The first-order valence-corrected chi connectivity index (χ1v) is 11.9. The van der Waals surface area contributed by atoms with Crippen LogP contribution in [0.4, 0.5) is 5.69 Å². The molecule has 1 atom stereocenters.